The van der Waals surface area contributed by atoms with Crippen molar-refractivity contribution in [3.8, 4) is 23.3 Å². The molecule has 1 aliphatic rings. The Kier molecular flexibility index (Phi) is 7.35. The first-order valence-electron chi connectivity index (χ1n) is 12.1. The average Bonchev–Trinajstić information content (AvgIpc) is 2.86. The first-order valence-corrected chi connectivity index (χ1v) is 12.1. The summed E-state index contributed by atoms with van der Waals surface area (Å²) >= 11 is 0. The van der Waals surface area contributed by atoms with Gasteiger partial charge in [0, 0.05) is 17.7 Å². The van der Waals surface area contributed by atoms with Crippen LogP contribution in [0.15, 0.2) is 84.3 Å². The van der Waals surface area contributed by atoms with Crippen LogP contribution in [0.5, 0.6) is 17.2 Å². The maximum Gasteiger partial charge on any atom is 0.336 e. The van der Waals surface area contributed by atoms with E-state index < -0.39 is 11.9 Å². The molecule has 1 aliphatic heterocycles. The lowest BCUT2D eigenvalue weighted by atomic mass is 9.83. The highest BCUT2D eigenvalue weighted by molar-refractivity contribution is 5.88. The van der Waals surface area contributed by atoms with E-state index in [9.17, 15) is 10.1 Å². The Bertz CT molecular complexity index is 1410. The number of nitriles is 1. The Morgan fingerprint density at radius 3 is 2.51 bits per heavy atom. The Morgan fingerprint density at radius 2 is 1.84 bits per heavy atom. The van der Waals surface area contributed by atoms with Crippen LogP contribution >= 0.6 is 0 Å². The summed E-state index contributed by atoms with van der Waals surface area (Å²) in [7, 11) is 0. The van der Waals surface area contributed by atoms with Gasteiger partial charge >= 0.3 is 5.97 Å². The van der Waals surface area contributed by atoms with E-state index in [1.165, 1.54) is 11.6 Å². The molecule has 0 radical (unpaired) electrons. The van der Waals surface area contributed by atoms with Gasteiger partial charge < -0.3 is 19.9 Å². The van der Waals surface area contributed by atoms with Gasteiger partial charge in [0.05, 0.1) is 12.5 Å². The molecule has 4 rings (SSSR count). The van der Waals surface area contributed by atoms with E-state index in [0.29, 0.717) is 29.4 Å². The topological polar surface area (TPSA) is 94.6 Å². The second kappa shape index (κ2) is 10.6. The third-order valence-corrected chi connectivity index (χ3v) is 6.10. The number of esters is 1. The van der Waals surface area contributed by atoms with Gasteiger partial charge in [0.25, 0.3) is 0 Å². The van der Waals surface area contributed by atoms with Crippen molar-refractivity contribution in [1.82, 2.24) is 0 Å². The van der Waals surface area contributed by atoms with E-state index >= 15 is 0 Å². The van der Waals surface area contributed by atoms with Crippen molar-refractivity contribution < 1.29 is 19.0 Å². The number of allylic oxidation sites excluding steroid dienone is 1. The van der Waals surface area contributed by atoms with Crippen LogP contribution < -0.4 is 19.9 Å². The molecule has 3 aromatic rings. The van der Waals surface area contributed by atoms with Gasteiger partial charge in [-0.25, -0.2) is 4.79 Å². The predicted molar refractivity (Wildman–Crippen MR) is 143 cm³/mol. The van der Waals surface area contributed by atoms with E-state index in [4.69, 9.17) is 19.9 Å². The number of ether oxygens (including phenoxy) is 3. The molecular weight excluding hydrogens is 464 g/mol. The van der Waals surface area contributed by atoms with Crippen LogP contribution in [0.4, 0.5) is 0 Å². The fourth-order valence-corrected chi connectivity index (χ4v) is 4.20. The quantitative estimate of drug-likeness (QED) is 0.248. The van der Waals surface area contributed by atoms with Crippen molar-refractivity contribution in [2.75, 3.05) is 6.61 Å². The number of fused-ring (bicyclic) bond motifs is 1. The highest BCUT2D eigenvalue weighted by Crippen LogP contribution is 2.44. The third-order valence-electron chi connectivity index (χ3n) is 6.10. The molecule has 0 aliphatic carbocycles. The number of hydrogen-bond donors (Lipinski definition) is 1. The van der Waals surface area contributed by atoms with Crippen molar-refractivity contribution in [3.05, 3.63) is 107 Å². The van der Waals surface area contributed by atoms with Gasteiger partial charge in [0.15, 0.2) is 0 Å². The molecule has 1 unspecified atom stereocenters. The molecule has 0 bridgehead atoms. The van der Waals surface area contributed by atoms with Crippen molar-refractivity contribution in [3.63, 3.8) is 0 Å². The summed E-state index contributed by atoms with van der Waals surface area (Å²) in [6.07, 6.45) is 3.10. The Morgan fingerprint density at radius 1 is 1.08 bits per heavy atom. The molecule has 0 aromatic heterocycles. The first kappa shape index (κ1) is 25.6. The highest BCUT2D eigenvalue weighted by Gasteiger charge is 2.31. The molecule has 188 valence electrons. The van der Waals surface area contributed by atoms with Crippen LogP contribution in [-0.2, 0) is 10.2 Å². The highest BCUT2D eigenvalue weighted by atomic mass is 16.5. The lowest BCUT2D eigenvalue weighted by Gasteiger charge is -2.27. The lowest BCUT2D eigenvalue weighted by Crippen LogP contribution is -2.21. The maximum atomic E-state index is 12.5. The van der Waals surface area contributed by atoms with E-state index in [0.717, 1.165) is 16.7 Å². The SMILES string of the molecule is CCOc1cccc(C2C(C#N)=C(N)Oc3cc(OC(=O)/C=C/c4ccc(C(C)(C)C)cc4)ccc32)c1. The van der Waals surface area contributed by atoms with Crippen LogP contribution in [0.2, 0.25) is 0 Å². The van der Waals surface area contributed by atoms with E-state index in [2.05, 4.69) is 39.0 Å². The molecular formula is C31H30N2O4. The number of nitrogens with zero attached hydrogens (tertiary/aromatic N) is 1. The number of nitrogens with two attached hydrogens (primary N) is 1. The van der Waals surface area contributed by atoms with Crippen molar-refractivity contribution in [2.45, 2.75) is 39.0 Å². The molecule has 6 nitrogen and oxygen atoms in total. The number of hydrogen-bond acceptors (Lipinski definition) is 6. The lowest BCUT2D eigenvalue weighted by molar-refractivity contribution is -0.128. The van der Waals surface area contributed by atoms with Gasteiger partial charge in [0.2, 0.25) is 5.88 Å². The van der Waals surface area contributed by atoms with Crippen molar-refractivity contribution in [2.24, 2.45) is 5.73 Å². The van der Waals surface area contributed by atoms with Crippen molar-refractivity contribution in [1.29, 1.82) is 5.26 Å². The van der Waals surface area contributed by atoms with E-state index in [1.54, 1.807) is 24.3 Å². The zero-order valence-electron chi connectivity index (χ0n) is 21.4. The van der Waals surface area contributed by atoms with E-state index in [-0.39, 0.29) is 11.3 Å². The summed E-state index contributed by atoms with van der Waals surface area (Å²) < 4.78 is 16.9. The zero-order chi connectivity index (χ0) is 26.6. The molecule has 6 heteroatoms. The monoisotopic (exact) mass is 494 g/mol. The minimum atomic E-state index is -0.516. The molecule has 0 amide bonds. The summed E-state index contributed by atoms with van der Waals surface area (Å²) in [5.74, 6) is 0.507. The number of benzene rings is 3. The fraction of sp³-hybridized carbons (Fsp3) is 0.226. The number of rotatable bonds is 6. The molecule has 0 fully saturated rings. The summed E-state index contributed by atoms with van der Waals surface area (Å²) in [5.41, 5.74) is 10.2. The standard InChI is InChI=1S/C31H30N2O4/c1-5-35-23-8-6-7-21(17-23)29-25-15-14-24(18-27(25)37-30(33)26(29)19-32)36-28(34)16-11-20-9-12-22(13-10-20)31(2,3)4/h6-18,29H,5,33H2,1-4H3/b16-11+. The maximum absolute atomic E-state index is 12.5. The smallest absolute Gasteiger partial charge is 0.336 e. The molecule has 1 heterocycles. The second-order valence-electron chi connectivity index (χ2n) is 9.76. The number of carbonyl (C=O) groups is 1. The summed E-state index contributed by atoms with van der Waals surface area (Å²) in [6.45, 7) is 8.91. The van der Waals surface area contributed by atoms with Crippen LogP contribution in [0.25, 0.3) is 6.08 Å². The summed E-state index contributed by atoms with van der Waals surface area (Å²) in [5, 5.41) is 9.80. The molecule has 0 saturated heterocycles. The van der Waals surface area contributed by atoms with Gasteiger partial charge in [-0.05, 0) is 53.3 Å². The largest absolute Gasteiger partial charge is 0.494 e. The molecule has 2 N–H and O–H groups in total. The summed E-state index contributed by atoms with van der Waals surface area (Å²) in [4.78, 5) is 12.5. The zero-order valence-corrected chi connectivity index (χ0v) is 21.4. The minimum absolute atomic E-state index is 0.0175. The second-order valence-corrected chi connectivity index (χ2v) is 9.76. The van der Waals surface area contributed by atoms with Gasteiger partial charge in [-0.2, -0.15) is 5.26 Å². The molecule has 1 atom stereocenters. The Hall–Kier alpha value is -4.50. The minimum Gasteiger partial charge on any atom is -0.494 e. The van der Waals surface area contributed by atoms with Crippen LogP contribution in [0.1, 0.15) is 55.9 Å². The van der Waals surface area contributed by atoms with Gasteiger partial charge in [-0.1, -0.05) is 63.2 Å². The van der Waals surface area contributed by atoms with Crippen molar-refractivity contribution >= 4 is 12.0 Å². The molecule has 37 heavy (non-hydrogen) atoms. The molecule has 0 saturated carbocycles. The van der Waals surface area contributed by atoms with Gasteiger partial charge in [0.1, 0.15) is 28.9 Å². The Labute approximate surface area is 217 Å². The third kappa shape index (κ3) is 5.84. The Balaban J connectivity index is 1.55. The molecule has 0 spiro atoms. The summed E-state index contributed by atoms with van der Waals surface area (Å²) in [6, 6.07) is 22.9. The van der Waals surface area contributed by atoms with Crippen LogP contribution in [-0.4, -0.2) is 12.6 Å². The van der Waals surface area contributed by atoms with Crippen LogP contribution in [0, 0.1) is 11.3 Å². The first-order chi connectivity index (χ1) is 17.7. The van der Waals surface area contributed by atoms with Gasteiger partial charge in [-0.15, -0.1) is 0 Å². The fourth-order valence-electron chi connectivity index (χ4n) is 4.20. The van der Waals surface area contributed by atoms with E-state index in [1.807, 2.05) is 43.3 Å². The van der Waals surface area contributed by atoms with Gasteiger partial charge in [-0.3, -0.25) is 0 Å². The predicted octanol–water partition coefficient (Wildman–Crippen LogP) is 6.22. The van der Waals surface area contributed by atoms with Crippen LogP contribution in [0.3, 0.4) is 0 Å². The average molecular weight is 495 g/mol. The molecule has 3 aromatic carbocycles. The number of carbonyl (C=O) groups excluding carboxylic acids is 1. The normalized spacial score (nSPS) is 15.1.